The van der Waals surface area contributed by atoms with Crippen molar-refractivity contribution in [2.24, 2.45) is 9.98 Å². The molecule has 0 N–H and O–H groups in total. The van der Waals surface area contributed by atoms with Crippen molar-refractivity contribution in [1.29, 1.82) is 0 Å². The molecule has 0 bridgehead atoms. The van der Waals surface area contributed by atoms with Crippen LogP contribution >= 0.6 is 0 Å². The van der Waals surface area contributed by atoms with Crippen LogP contribution in [0.5, 0.6) is 0 Å². The van der Waals surface area contributed by atoms with Gasteiger partial charge in [-0.25, -0.2) is 0 Å². The Hall–Kier alpha value is -1.84. The van der Waals surface area contributed by atoms with Gasteiger partial charge in [0.05, 0.1) is 24.2 Å². The van der Waals surface area contributed by atoms with E-state index >= 15 is 0 Å². The molecule has 4 nitrogen and oxygen atoms in total. The molecule has 15 heavy (non-hydrogen) atoms. The molecule has 1 unspecified atom stereocenters. The standard InChI is InChI=1S/C11H12N2O2/c1-9-10(12-5-7-14)3-2-4-11(9)13-6-8-15/h2-3,5-8,11H,4H2,1H3. The van der Waals surface area contributed by atoms with Crippen LogP contribution in [0.2, 0.25) is 0 Å². The smallest absolute Gasteiger partial charge is 0.161 e. The highest BCUT2D eigenvalue weighted by molar-refractivity contribution is 6.13. The van der Waals surface area contributed by atoms with Crippen LogP contribution < -0.4 is 0 Å². The Morgan fingerprint density at radius 3 is 2.73 bits per heavy atom. The maximum atomic E-state index is 10.1. The Morgan fingerprint density at radius 2 is 2.07 bits per heavy atom. The fourth-order valence-electron chi connectivity index (χ4n) is 1.35. The van der Waals surface area contributed by atoms with Crippen molar-refractivity contribution in [3.05, 3.63) is 23.4 Å². The zero-order chi connectivity index (χ0) is 11.1. The van der Waals surface area contributed by atoms with Gasteiger partial charge in [0.15, 0.2) is 12.6 Å². The number of nitrogens with zero attached hydrogens (tertiary/aromatic N) is 2. The van der Waals surface area contributed by atoms with Gasteiger partial charge in [0.25, 0.3) is 0 Å². The van der Waals surface area contributed by atoms with Gasteiger partial charge in [-0.2, -0.15) is 0 Å². The normalized spacial score (nSPS) is 21.5. The number of rotatable bonds is 4. The highest BCUT2D eigenvalue weighted by atomic mass is 16.1. The second kappa shape index (κ2) is 5.80. The van der Waals surface area contributed by atoms with E-state index in [0.29, 0.717) is 12.6 Å². The molecule has 0 aromatic rings. The summed E-state index contributed by atoms with van der Waals surface area (Å²) in [5.41, 5.74) is 1.70. The average Bonchev–Trinajstić information content (AvgIpc) is 2.26. The molecular formula is C11H12N2O2. The quantitative estimate of drug-likeness (QED) is 0.509. The van der Waals surface area contributed by atoms with Crippen LogP contribution in [0, 0.1) is 0 Å². The molecule has 0 aromatic heterocycles. The third-order valence-electron chi connectivity index (χ3n) is 2.14. The van der Waals surface area contributed by atoms with Gasteiger partial charge in [-0.1, -0.05) is 6.08 Å². The highest BCUT2D eigenvalue weighted by Gasteiger charge is 2.13. The monoisotopic (exact) mass is 204 g/mol. The van der Waals surface area contributed by atoms with Gasteiger partial charge >= 0.3 is 0 Å². The molecule has 0 aliphatic heterocycles. The SMILES string of the molecule is CC1=C(N=CC=O)C=CCC1N=CC=O. The van der Waals surface area contributed by atoms with E-state index in [-0.39, 0.29) is 6.04 Å². The largest absolute Gasteiger partial charge is 0.297 e. The number of aliphatic imine (C=N–C) groups is 2. The van der Waals surface area contributed by atoms with Gasteiger partial charge in [-0.3, -0.25) is 19.6 Å². The van der Waals surface area contributed by atoms with Crippen molar-refractivity contribution in [1.82, 2.24) is 0 Å². The molecule has 1 aliphatic rings. The van der Waals surface area contributed by atoms with Gasteiger partial charge in [0.2, 0.25) is 0 Å². The highest BCUT2D eigenvalue weighted by Crippen LogP contribution is 2.22. The van der Waals surface area contributed by atoms with Crippen molar-refractivity contribution in [3.8, 4) is 0 Å². The fraction of sp³-hybridized carbons (Fsp3) is 0.273. The lowest BCUT2D eigenvalue weighted by molar-refractivity contribution is -0.103. The van der Waals surface area contributed by atoms with Gasteiger partial charge in [-0.15, -0.1) is 0 Å². The lowest BCUT2D eigenvalue weighted by Crippen LogP contribution is -2.10. The number of hydrogen-bond donors (Lipinski definition) is 0. The van der Waals surface area contributed by atoms with E-state index in [2.05, 4.69) is 9.98 Å². The molecule has 0 aromatic carbocycles. The zero-order valence-corrected chi connectivity index (χ0v) is 8.46. The molecule has 0 saturated carbocycles. The first kappa shape index (κ1) is 11.2. The van der Waals surface area contributed by atoms with Crippen LogP contribution in [-0.2, 0) is 9.59 Å². The molecule has 78 valence electrons. The maximum absolute atomic E-state index is 10.1. The molecule has 0 saturated heterocycles. The van der Waals surface area contributed by atoms with Gasteiger partial charge in [0, 0.05) is 0 Å². The van der Waals surface area contributed by atoms with Crippen molar-refractivity contribution in [2.75, 3.05) is 0 Å². The summed E-state index contributed by atoms with van der Waals surface area (Å²) in [5, 5.41) is 0. The topological polar surface area (TPSA) is 58.9 Å². The molecule has 0 radical (unpaired) electrons. The Bertz CT molecular complexity index is 365. The predicted octanol–water partition coefficient (Wildman–Crippen LogP) is 1.13. The van der Waals surface area contributed by atoms with Gasteiger partial charge in [0.1, 0.15) is 0 Å². The summed E-state index contributed by atoms with van der Waals surface area (Å²) in [5.74, 6) is 0. The predicted molar refractivity (Wildman–Crippen MR) is 59.4 cm³/mol. The van der Waals surface area contributed by atoms with Crippen LogP contribution in [0.25, 0.3) is 0 Å². The Kier molecular flexibility index (Phi) is 4.34. The van der Waals surface area contributed by atoms with Crippen LogP contribution in [0.1, 0.15) is 13.3 Å². The fourth-order valence-corrected chi connectivity index (χ4v) is 1.35. The van der Waals surface area contributed by atoms with Gasteiger partial charge < -0.3 is 0 Å². The third kappa shape index (κ3) is 3.09. The molecule has 1 atom stereocenters. The second-order valence-electron chi connectivity index (χ2n) is 3.07. The van der Waals surface area contributed by atoms with E-state index in [0.717, 1.165) is 17.7 Å². The third-order valence-corrected chi connectivity index (χ3v) is 2.14. The summed E-state index contributed by atoms with van der Waals surface area (Å²) in [7, 11) is 0. The molecule has 0 heterocycles. The van der Waals surface area contributed by atoms with E-state index in [4.69, 9.17) is 0 Å². The number of aldehydes is 2. The zero-order valence-electron chi connectivity index (χ0n) is 8.46. The molecule has 4 heteroatoms. The maximum Gasteiger partial charge on any atom is 0.161 e. The molecular weight excluding hydrogens is 192 g/mol. The minimum absolute atomic E-state index is 0.0426. The molecule has 0 amide bonds. The van der Waals surface area contributed by atoms with E-state index in [1.807, 2.05) is 19.1 Å². The van der Waals surface area contributed by atoms with Crippen LogP contribution in [0.3, 0.4) is 0 Å². The van der Waals surface area contributed by atoms with Gasteiger partial charge in [-0.05, 0) is 25.0 Å². The van der Waals surface area contributed by atoms with E-state index < -0.39 is 0 Å². The van der Waals surface area contributed by atoms with E-state index in [1.165, 1.54) is 12.4 Å². The lowest BCUT2D eigenvalue weighted by Gasteiger charge is -2.16. The minimum atomic E-state index is -0.0426. The van der Waals surface area contributed by atoms with Crippen molar-refractivity contribution >= 4 is 25.0 Å². The first-order valence-corrected chi connectivity index (χ1v) is 4.61. The Balaban J connectivity index is 2.88. The number of allylic oxidation sites excluding steroid dienone is 1. The first-order chi connectivity index (χ1) is 7.29. The van der Waals surface area contributed by atoms with Crippen molar-refractivity contribution in [3.63, 3.8) is 0 Å². The molecule has 1 rings (SSSR count). The van der Waals surface area contributed by atoms with Crippen molar-refractivity contribution in [2.45, 2.75) is 19.4 Å². The lowest BCUT2D eigenvalue weighted by atomic mass is 9.99. The van der Waals surface area contributed by atoms with Crippen LogP contribution in [-0.4, -0.2) is 31.0 Å². The number of hydrogen-bond acceptors (Lipinski definition) is 4. The first-order valence-electron chi connectivity index (χ1n) is 4.61. The molecule has 1 aliphatic carbocycles. The summed E-state index contributed by atoms with van der Waals surface area (Å²) >= 11 is 0. The number of carbonyl (C=O) groups excluding carboxylic acids is 2. The summed E-state index contributed by atoms with van der Waals surface area (Å²) < 4.78 is 0. The number of carbonyl (C=O) groups is 2. The molecule has 0 fully saturated rings. The summed E-state index contributed by atoms with van der Waals surface area (Å²) in [6.07, 6.45) is 8.27. The van der Waals surface area contributed by atoms with Crippen LogP contribution in [0.15, 0.2) is 33.4 Å². The van der Waals surface area contributed by atoms with Crippen molar-refractivity contribution < 1.29 is 9.59 Å². The Labute approximate surface area is 88.1 Å². The summed E-state index contributed by atoms with van der Waals surface area (Å²) in [6, 6.07) is -0.0426. The van der Waals surface area contributed by atoms with E-state index in [9.17, 15) is 9.59 Å². The average molecular weight is 204 g/mol. The molecule has 0 spiro atoms. The second-order valence-corrected chi connectivity index (χ2v) is 3.07. The van der Waals surface area contributed by atoms with E-state index in [1.54, 1.807) is 0 Å². The van der Waals surface area contributed by atoms with Crippen LogP contribution in [0.4, 0.5) is 0 Å². The summed E-state index contributed by atoms with van der Waals surface area (Å²) in [4.78, 5) is 28.3. The summed E-state index contributed by atoms with van der Waals surface area (Å²) in [6.45, 7) is 1.90. The Morgan fingerprint density at radius 1 is 1.33 bits per heavy atom. The minimum Gasteiger partial charge on any atom is -0.297 e.